The largest absolute Gasteiger partial charge is 0.322 e. The van der Waals surface area contributed by atoms with Crippen molar-refractivity contribution in [1.29, 1.82) is 0 Å². The van der Waals surface area contributed by atoms with Gasteiger partial charge in [-0.05, 0) is 13.0 Å². The lowest BCUT2D eigenvalue weighted by Crippen LogP contribution is -2.15. The summed E-state index contributed by atoms with van der Waals surface area (Å²) >= 11 is 1.19. The minimum absolute atomic E-state index is 0.0323. The Bertz CT molecular complexity index is 702. The molecule has 0 aliphatic carbocycles. The topological polar surface area (TPSA) is 111 Å². The second kappa shape index (κ2) is 5.94. The molecule has 0 aliphatic rings. The van der Waals surface area contributed by atoms with Crippen LogP contribution < -0.4 is 11.1 Å². The van der Waals surface area contributed by atoms with E-state index in [2.05, 4.69) is 10.3 Å². The number of thiazole rings is 1. The fourth-order valence-corrected chi connectivity index (χ4v) is 2.33. The van der Waals surface area contributed by atoms with Gasteiger partial charge in [0.1, 0.15) is 10.7 Å². The first-order chi connectivity index (χ1) is 9.90. The number of nitrogens with one attached hydrogen (secondary N) is 1. The van der Waals surface area contributed by atoms with Gasteiger partial charge in [0.15, 0.2) is 11.5 Å². The first kappa shape index (κ1) is 15.0. The molecule has 0 bridgehead atoms. The number of halogens is 1. The Kier molecular flexibility index (Phi) is 4.24. The van der Waals surface area contributed by atoms with Gasteiger partial charge in [-0.1, -0.05) is 6.07 Å². The van der Waals surface area contributed by atoms with Crippen molar-refractivity contribution in [1.82, 2.24) is 4.98 Å². The summed E-state index contributed by atoms with van der Waals surface area (Å²) in [6.45, 7) is 1.71. The van der Waals surface area contributed by atoms with Gasteiger partial charge in [-0.3, -0.25) is 14.9 Å². The van der Waals surface area contributed by atoms with Crippen molar-refractivity contribution in [3.05, 3.63) is 50.2 Å². The maximum absolute atomic E-state index is 13.7. The number of nitro groups is 1. The molecule has 9 heteroatoms. The second-order valence-corrected chi connectivity index (χ2v) is 5.09. The van der Waals surface area contributed by atoms with Gasteiger partial charge in [-0.2, -0.15) is 0 Å². The van der Waals surface area contributed by atoms with E-state index >= 15 is 0 Å². The lowest BCUT2D eigenvalue weighted by atomic mass is 10.2. The van der Waals surface area contributed by atoms with Crippen LogP contribution in [0.5, 0.6) is 0 Å². The number of hydrogen-bond donors (Lipinski definition) is 2. The molecule has 0 fully saturated rings. The molecular formula is C12H11FN4O3S. The number of amides is 1. The Balaban J connectivity index is 2.29. The van der Waals surface area contributed by atoms with Crippen LogP contribution >= 0.6 is 11.3 Å². The van der Waals surface area contributed by atoms with E-state index in [1.807, 2.05) is 0 Å². The van der Waals surface area contributed by atoms with Crippen molar-refractivity contribution >= 4 is 28.6 Å². The number of aromatic nitrogens is 1. The third kappa shape index (κ3) is 3.20. The normalized spacial score (nSPS) is 12.0. The summed E-state index contributed by atoms with van der Waals surface area (Å²) in [5.74, 6) is -1.62. The van der Waals surface area contributed by atoms with E-state index in [1.54, 1.807) is 6.92 Å². The Morgan fingerprint density at radius 3 is 2.86 bits per heavy atom. The molecule has 1 unspecified atom stereocenters. The van der Waals surface area contributed by atoms with Crippen LogP contribution in [0.2, 0.25) is 0 Å². The number of carbonyl (C=O) groups is 1. The summed E-state index contributed by atoms with van der Waals surface area (Å²) in [7, 11) is 0. The average Bonchev–Trinajstić information content (AvgIpc) is 2.90. The SMILES string of the molecule is CC(N)c1nc(C(=O)Nc2c(F)cccc2[N+](=O)[O-])cs1. The third-order valence-electron chi connectivity index (χ3n) is 2.57. The van der Waals surface area contributed by atoms with Crippen molar-refractivity contribution in [2.24, 2.45) is 5.73 Å². The maximum atomic E-state index is 13.7. The Hall–Kier alpha value is -2.39. The molecule has 21 heavy (non-hydrogen) atoms. The van der Waals surface area contributed by atoms with E-state index in [0.717, 1.165) is 12.1 Å². The summed E-state index contributed by atoms with van der Waals surface area (Å²) in [4.78, 5) is 26.1. The first-order valence-corrected chi connectivity index (χ1v) is 6.73. The molecule has 0 spiro atoms. The van der Waals surface area contributed by atoms with E-state index < -0.39 is 28.0 Å². The van der Waals surface area contributed by atoms with Gasteiger partial charge in [-0.25, -0.2) is 9.37 Å². The summed E-state index contributed by atoms with van der Waals surface area (Å²) in [6, 6.07) is 2.99. The van der Waals surface area contributed by atoms with Crippen LogP contribution in [0, 0.1) is 15.9 Å². The maximum Gasteiger partial charge on any atom is 0.295 e. The van der Waals surface area contributed by atoms with Gasteiger partial charge in [0, 0.05) is 11.4 Å². The molecule has 0 saturated heterocycles. The molecule has 0 radical (unpaired) electrons. The molecule has 1 atom stereocenters. The molecule has 2 rings (SSSR count). The molecule has 3 N–H and O–H groups in total. The van der Waals surface area contributed by atoms with E-state index in [9.17, 15) is 19.3 Å². The number of anilines is 1. The standard InChI is InChI=1S/C12H11FN4O3S/c1-6(14)12-15-8(5-21-12)11(18)16-10-7(13)3-2-4-9(10)17(19)20/h2-6H,14H2,1H3,(H,16,18). The van der Waals surface area contributed by atoms with Crippen LogP contribution in [-0.2, 0) is 0 Å². The fraction of sp³-hybridized carbons (Fsp3) is 0.167. The number of nitro benzene ring substituents is 1. The fourth-order valence-electron chi connectivity index (χ4n) is 1.57. The lowest BCUT2D eigenvalue weighted by molar-refractivity contribution is -0.384. The summed E-state index contributed by atoms with van der Waals surface area (Å²) in [6.07, 6.45) is 0. The predicted octanol–water partition coefficient (Wildman–Crippen LogP) is 2.46. The van der Waals surface area contributed by atoms with Crippen molar-refractivity contribution in [2.45, 2.75) is 13.0 Å². The monoisotopic (exact) mass is 310 g/mol. The van der Waals surface area contributed by atoms with E-state index in [4.69, 9.17) is 5.73 Å². The molecule has 1 amide bonds. The number of benzene rings is 1. The van der Waals surface area contributed by atoms with Crippen molar-refractivity contribution in [3.8, 4) is 0 Å². The molecule has 110 valence electrons. The molecule has 1 aromatic carbocycles. The van der Waals surface area contributed by atoms with Crippen LogP contribution in [-0.4, -0.2) is 15.8 Å². The molecule has 0 saturated carbocycles. The molecular weight excluding hydrogens is 299 g/mol. The zero-order valence-electron chi connectivity index (χ0n) is 10.9. The van der Waals surface area contributed by atoms with Crippen LogP contribution in [0.4, 0.5) is 15.8 Å². The average molecular weight is 310 g/mol. The predicted molar refractivity (Wildman–Crippen MR) is 75.7 cm³/mol. The van der Waals surface area contributed by atoms with E-state index in [0.29, 0.717) is 5.01 Å². The minimum atomic E-state index is -0.889. The van der Waals surface area contributed by atoms with Gasteiger partial charge >= 0.3 is 0 Å². The molecule has 2 aromatic rings. The van der Waals surface area contributed by atoms with E-state index in [-0.39, 0.29) is 11.7 Å². The van der Waals surface area contributed by atoms with Gasteiger partial charge in [-0.15, -0.1) is 11.3 Å². The quantitative estimate of drug-likeness (QED) is 0.665. The highest BCUT2D eigenvalue weighted by atomic mass is 32.1. The van der Waals surface area contributed by atoms with Crippen LogP contribution in [0.15, 0.2) is 23.6 Å². The highest BCUT2D eigenvalue weighted by molar-refractivity contribution is 7.09. The highest BCUT2D eigenvalue weighted by Crippen LogP contribution is 2.27. The molecule has 1 heterocycles. The minimum Gasteiger partial charge on any atom is -0.322 e. The number of nitrogens with zero attached hydrogens (tertiary/aromatic N) is 2. The first-order valence-electron chi connectivity index (χ1n) is 5.85. The highest BCUT2D eigenvalue weighted by Gasteiger charge is 2.21. The Labute approximate surface area is 122 Å². The molecule has 0 aliphatic heterocycles. The van der Waals surface area contributed by atoms with Gasteiger partial charge in [0.25, 0.3) is 11.6 Å². The van der Waals surface area contributed by atoms with Crippen LogP contribution in [0.3, 0.4) is 0 Å². The Morgan fingerprint density at radius 2 is 2.29 bits per heavy atom. The van der Waals surface area contributed by atoms with Crippen LogP contribution in [0.25, 0.3) is 0 Å². The van der Waals surface area contributed by atoms with Crippen molar-refractivity contribution in [3.63, 3.8) is 0 Å². The smallest absolute Gasteiger partial charge is 0.295 e. The van der Waals surface area contributed by atoms with E-state index in [1.165, 1.54) is 22.8 Å². The van der Waals surface area contributed by atoms with Crippen LogP contribution in [0.1, 0.15) is 28.5 Å². The number of hydrogen-bond acceptors (Lipinski definition) is 6. The number of nitrogens with two attached hydrogens (primary N) is 1. The van der Waals surface area contributed by atoms with Crippen molar-refractivity contribution in [2.75, 3.05) is 5.32 Å². The number of rotatable bonds is 4. The third-order valence-corrected chi connectivity index (χ3v) is 3.62. The van der Waals surface area contributed by atoms with Gasteiger partial charge in [0.2, 0.25) is 0 Å². The molecule has 1 aromatic heterocycles. The van der Waals surface area contributed by atoms with Gasteiger partial charge < -0.3 is 11.1 Å². The summed E-state index contributed by atoms with van der Waals surface area (Å²) < 4.78 is 13.7. The number of para-hydroxylation sites is 1. The van der Waals surface area contributed by atoms with Crippen molar-refractivity contribution < 1.29 is 14.1 Å². The Morgan fingerprint density at radius 1 is 1.57 bits per heavy atom. The van der Waals surface area contributed by atoms with Gasteiger partial charge in [0.05, 0.1) is 11.0 Å². The lowest BCUT2D eigenvalue weighted by Gasteiger charge is -2.05. The zero-order valence-corrected chi connectivity index (χ0v) is 11.7. The number of carbonyl (C=O) groups excluding carboxylic acids is 1. The summed E-state index contributed by atoms with van der Waals surface area (Å²) in [5.41, 5.74) is 4.66. The molecule has 7 nitrogen and oxygen atoms in total. The second-order valence-electron chi connectivity index (χ2n) is 4.20. The summed E-state index contributed by atoms with van der Waals surface area (Å²) in [5, 5.41) is 15.0. The zero-order chi connectivity index (χ0) is 15.6.